The molecule has 1 N–H and O–H groups in total. The van der Waals surface area contributed by atoms with Crippen molar-refractivity contribution in [2.45, 2.75) is 5.92 Å². The number of benzene rings is 3. The molecule has 0 aliphatic heterocycles. The van der Waals surface area contributed by atoms with E-state index in [2.05, 4.69) is 22.4 Å². The lowest BCUT2D eigenvalue weighted by atomic mass is 9.87. The van der Waals surface area contributed by atoms with Crippen molar-refractivity contribution in [2.75, 3.05) is 27.2 Å². The zero-order chi connectivity index (χ0) is 27.5. The highest BCUT2D eigenvalue weighted by molar-refractivity contribution is 6.31. The van der Waals surface area contributed by atoms with Crippen LogP contribution in [0.2, 0.25) is 10.0 Å². The number of fused-ring (bicyclic) bond motifs is 1. The van der Waals surface area contributed by atoms with E-state index in [0.717, 1.165) is 45.4 Å². The first-order valence-corrected chi connectivity index (χ1v) is 13.4. The van der Waals surface area contributed by atoms with Crippen LogP contribution >= 0.6 is 23.2 Å². The van der Waals surface area contributed by atoms with Crippen LogP contribution in [0.15, 0.2) is 85.3 Å². The lowest BCUT2D eigenvalue weighted by Crippen LogP contribution is -2.31. The Balaban J connectivity index is 1.67. The molecule has 0 aliphatic carbocycles. The number of hydrogen-bond acceptors (Lipinski definition) is 4. The van der Waals surface area contributed by atoms with Gasteiger partial charge in [-0.15, -0.1) is 0 Å². The van der Waals surface area contributed by atoms with E-state index in [-0.39, 0.29) is 11.8 Å². The summed E-state index contributed by atoms with van der Waals surface area (Å²) in [5.41, 5.74) is 6.11. The lowest BCUT2D eigenvalue weighted by molar-refractivity contribution is 0.0946. The third-order valence-corrected chi connectivity index (χ3v) is 7.22. The van der Waals surface area contributed by atoms with Crippen LogP contribution in [0.5, 0.6) is 0 Å². The minimum absolute atomic E-state index is 0.0830. The van der Waals surface area contributed by atoms with Crippen LogP contribution in [-0.2, 0) is 7.05 Å². The molecule has 1 unspecified atom stereocenters. The summed E-state index contributed by atoms with van der Waals surface area (Å²) in [5, 5.41) is 5.22. The standard InChI is InChI=1S/C31H29Cl2N5O/c1-37(2)14-13-35-31(39)28-17-25(21-5-4-6-24(33)15-21)26-16-22(9-12-27(26)36-28)30(29-18-34-19-38(29)3)20-7-10-23(32)11-8-20/h4-12,15-19,30H,13-14H2,1-3H3,(H,35,39). The van der Waals surface area contributed by atoms with Crippen molar-refractivity contribution in [3.05, 3.63) is 118 Å². The van der Waals surface area contributed by atoms with Crippen LogP contribution in [-0.4, -0.2) is 52.5 Å². The number of halogens is 2. The van der Waals surface area contributed by atoms with Crippen molar-refractivity contribution in [3.8, 4) is 11.1 Å². The molecule has 0 saturated heterocycles. The molecular formula is C31H29Cl2N5O. The van der Waals surface area contributed by atoms with Gasteiger partial charge in [-0.05, 0) is 78.8 Å². The Hall–Kier alpha value is -3.71. The van der Waals surface area contributed by atoms with Gasteiger partial charge in [0.2, 0.25) is 0 Å². The van der Waals surface area contributed by atoms with Gasteiger partial charge in [0.15, 0.2) is 0 Å². The maximum Gasteiger partial charge on any atom is 0.269 e. The molecule has 5 aromatic rings. The number of nitrogens with zero attached hydrogens (tertiary/aromatic N) is 4. The maximum atomic E-state index is 13.1. The van der Waals surface area contributed by atoms with Gasteiger partial charge in [0, 0.05) is 47.5 Å². The van der Waals surface area contributed by atoms with Crippen LogP contribution in [0.4, 0.5) is 0 Å². The third kappa shape index (κ3) is 5.98. The van der Waals surface area contributed by atoms with Crippen LogP contribution in [0.1, 0.15) is 33.2 Å². The molecule has 1 atom stereocenters. The van der Waals surface area contributed by atoms with E-state index in [0.29, 0.717) is 22.3 Å². The molecule has 5 rings (SSSR count). The van der Waals surface area contributed by atoms with Gasteiger partial charge in [-0.2, -0.15) is 0 Å². The Morgan fingerprint density at radius 2 is 1.74 bits per heavy atom. The van der Waals surface area contributed by atoms with Crippen LogP contribution in [0, 0.1) is 0 Å². The largest absolute Gasteiger partial charge is 0.349 e. The Morgan fingerprint density at radius 1 is 0.974 bits per heavy atom. The van der Waals surface area contributed by atoms with E-state index in [9.17, 15) is 4.79 Å². The fourth-order valence-electron chi connectivity index (χ4n) is 4.75. The van der Waals surface area contributed by atoms with E-state index in [1.807, 2.05) is 97.5 Å². The number of amides is 1. The molecule has 2 aromatic heterocycles. The molecule has 8 heteroatoms. The molecule has 0 radical (unpaired) electrons. The van der Waals surface area contributed by atoms with Gasteiger partial charge in [0.25, 0.3) is 5.91 Å². The molecule has 2 heterocycles. The van der Waals surface area contributed by atoms with Gasteiger partial charge < -0.3 is 14.8 Å². The molecule has 0 fully saturated rings. The first-order chi connectivity index (χ1) is 18.8. The lowest BCUT2D eigenvalue weighted by Gasteiger charge is -2.20. The summed E-state index contributed by atoms with van der Waals surface area (Å²) in [6, 6.07) is 23.6. The van der Waals surface area contributed by atoms with Gasteiger partial charge in [0.05, 0.1) is 17.8 Å². The monoisotopic (exact) mass is 557 g/mol. The van der Waals surface area contributed by atoms with Gasteiger partial charge in [0.1, 0.15) is 5.69 Å². The summed E-state index contributed by atoms with van der Waals surface area (Å²) in [5.74, 6) is -0.291. The summed E-state index contributed by atoms with van der Waals surface area (Å²) in [6.45, 7) is 1.27. The normalized spacial score (nSPS) is 12.2. The quantitative estimate of drug-likeness (QED) is 0.239. The first-order valence-electron chi connectivity index (χ1n) is 12.7. The number of rotatable bonds is 8. The number of nitrogens with one attached hydrogen (secondary N) is 1. The Morgan fingerprint density at radius 3 is 2.44 bits per heavy atom. The molecular weight excluding hydrogens is 529 g/mol. The second-order valence-electron chi connectivity index (χ2n) is 9.82. The summed E-state index contributed by atoms with van der Waals surface area (Å²) in [6.07, 6.45) is 3.69. The van der Waals surface area contributed by atoms with Crippen molar-refractivity contribution in [3.63, 3.8) is 0 Å². The topological polar surface area (TPSA) is 63.1 Å². The molecule has 0 spiro atoms. The molecule has 3 aromatic carbocycles. The second-order valence-corrected chi connectivity index (χ2v) is 10.7. The molecule has 198 valence electrons. The zero-order valence-electron chi connectivity index (χ0n) is 22.0. The highest BCUT2D eigenvalue weighted by atomic mass is 35.5. The first kappa shape index (κ1) is 26.9. The minimum atomic E-state index is -0.208. The number of likely N-dealkylation sites (N-methyl/N-ethyl adjacent to an activating group) is 1. The molecule has 0 bridgehead atoms. The van der Waals surface area contributed by atoms with Gasteiger partial charge in [-0.3, -0.25) is 4.79 Å². The van der Waals surface area contributed by atoms with Gasteiger partial charge in [-0.1, -0.05) is 53.5 Å². The number of hydrogen-bond donors (Lipinski definition) is 1. The van der Waals surface area contributed by atoms with Crippen molar-refractivity contribution in [1.29, 1.82) is 0 Å². The summed E-state index contributed by atoms with van der Waals surface area (Å²) >= 11 is 12.6. The third-order valence-electron chi connectivity index (χ3n) is 6.73. The van der Waals surface area contributed by atoms with Crippen LogP contribution in [0.25, 0.3) is 22.0 Å². The summed E-state index contributed by atoms with van der Waals surface area (Å²) in [4.78, 5) is 24.2. The SMILES string of the molecule is CN(C)CCNC(=O)c1cc(-c2cccc(Cl)c2)c2cc(C(c3ccc(Cl)cc3)c3cncn3C)ccc2n1. The molecule has 39 heavy (non-hydrogen) atoms. The van der Waals surface area contributed by atoms with Crippen LogP contribution < -0.4 is 5.32 Å². The van der Waals surface area contributed by atoms with Crippen molar-refractivity contribution in [1.82, 2.24) is 24.8 Å². The Bertz CT molecular complexity index is 1630. The summed E-state index contributed by atoms with van der Waals surface area (Å²) in [7, 11) is 5.93. The van der Waals surface area contributed by atoms with Crippen molar-refractivity contribution in [2.24, 2.45) is 7.05 Å². The highest BCUT2D eigenvalue weighted by Crippen LogP contribution is 2.37. The fourth-order valence-corrected chi connectivity index (χ4v) is 5.07. The fraction of sp³-hybridized carbons (Fsp3) is 0.194. The maximum absolute atomic E-state index is 13.1. The minimum Gasteiger partial charge on any atom is -0.349 e. The zero-order valence-corrected chi connectivity index (χ0v) is 23.5. The van der Waals surface area contributed by atoms with E-state index in [1.165, 1.54) is 0 Å². The van der Waals surface area contributed by atoms with Crippen molar-refractivity contribution < 1.29 is 4.79 Å². The van der Waals surface area contributed by atoms with E-state index >= 15 is 0 Å². The predicted octanol–water partition coefficient (Wildman–Crippen LogP) is 6.41. The molecule has 0 saturated carbocycles. The van der Waals surface area contributed by atoms with E-state index in [4.69, 9.17) is 28.2 Å². The number of aryl methyl sites for hydroxylation is 1. The Kier molecular flexibility index (Phi) is 7.98. The summed E-state index contributed by atoms with van der Waals surface area (Å²) < 4.78 is 2.03. The van der Waals surface area contributed by atoms with Crippen molar-refractivity contribution >= 4 is 40.0 Å². The Labute approximate surface area is 238 Å². The number of imidazole rings is 1. The molecule has 6 nitrogen and oxygen atoms in total. The molecule has 1 amide bonds. The smallest absolute Gasteiger partial charge is 0.269 e. The van der Waals surface area contributed by atoms with Gasteiger partial charge >= 0.3 is 0 Å². The number of pyridine rings is 1. The number of aromatic nitrogens is 3. The number of carbonyl (C=O) groups is 1. The predicted molar refractivity (Wildman–Crippen MR) is 159 cm³/mol. The van der Waals surface area contributed by atoms with Gasteiger partial charge in [-0.25, -0.2) is 9.97 Å². The average Bonchev–Trinajstić information content (AvgIpc) is 3.34. The highest BCUT2D eigenvalue weighted by Gasteiger charge is 2.22. The van der Waals surface area contributed by atoms with Crippen LogP contribution in [0.3, 0.4) is 0 Å². The average molecular weight is 559 g/mol. The number of carbonyl (C=O) groups excluding carboxylic acids is 1. The molecule has 0 aliphatic rings. The van der Waals surface area contributed by atoms with E-state index in [1.54, 1.807) is 6.33 Å². The second kappa shape index (κ2) is 11.6. The van der Waals surface area contributed by atoms with E-state index < -0.39 is 0 Å².